The first-order chi connectivity index (χ1) is 9.67. The van der Waals surface area contributed by atoms with E-state index in [1.54, 1.807) is 13.1 Å². The molecule has 0 atom stereocenters. The first kappa shape index (κ1) is 18.6. The van der Waals surface area contributed by atoms with Gasteiger partial charge in [0, 0.05) is 29.7 Å². The van der Waals surface area contributed by atoms with Gasteiger partial charge in [0.05, 0.1) is 0 Å². The van der Waals surface area contributed by atoms with Gasteiger partial charge in [-0.1, -0.05) is 35.4 Å². The third kappa shape index (κ3) is 6.45. The van der Waals surface area contributed by atoms with Crippen LogP contribution < -0.4 is 10.6 Å². The number of aliphatic imine (C=N–C) groups is 1. The monoisotopic (exact) mass is 439 g/mol. The first-order valence-electron chi connectivity index (χ1n) is 6.74. The minimum atomic E-state index is 0. The maximum absolute atomic E-state index is 5.98. The minimum absolute atomic E-state index is 0. The van der Waals surface area contributed by atoms with E-state index in [0.717, 1.165) is 37.3 Å². The molecule has 0 radical (unpaired) electrons. The normalized spacial score (nSPS) is 14.9. The third-order valence-corrected chi connectivity index (χ3v) is 3.64. The Hall–Kier alpha value is -0.460. The molecule has 0 heterocycles. The molecule has 1 aliphatic rings. The number of nitrogens with zero attached hydrogens (tertiary/aromatic N) is 1. The average Bonchev–Trinajstić information content (AvgIpc) is 2.89. The Morgan fingerprint density at radius 1 is 1.19 bits per heavy atom. The lowest BCUT2D eigenvalue weighted by atomic mass is 10.1. The van der Waals surface area contributed by atoms with Gasteiger partial charge >= 0.3 is 0 Å². The van der Waals surface area contributed by atoms with E-state index in [0.29, 0.717) is 16.1 Å². The lowest BCUT2D eigenvalue weighted by Gasteiger charge is -2.16. The summed E-state index contributed by atoms with van der Waals surface area (Å²) in [6, 6.07) is 6.08. The van der Waals surface area contributed by atoms with Crippen molar-refractivity contribution in [1.29, 1.82) is 0 Å². The molecule has 1 aromatic carbocycles. The lowest BCUT2D eigenvalue weighted by molar-refractivity contribution is 0.633. The van der Waals surface area contributed by atoms with Gasteiger partial charge in [0.15, 0.2) is 5.96 Å². The van der Waals surface area contributed by atoms with E-state index in [-0.39, 0.29) is 24.0 Å². The molecule has 3 nitrogen and oxygen atoms in total. The molecule has 0 bridgehead atoms. The van der Waals surface area contributed by atoms with Crippen molar-refractivity contribution in [3.8, 4) is 0 Å². The second-order valence-corrected chi connectivity index (χ2v) is 5.68. The Kier molecular flexibility index (Phi) is 8.44. The molecule has 0 spiro atoms. The molecule has 0 saturated heterocycles. The highest BCUT2D eigenvalue weighted by atomic mass is 127. The third-order valence-electron chi connectivity index (χ3n) is 3.20. The maximum Gasteiger partial charge on any atom is 0.191 e. The fourth-order valence-electron chi connectivity index (χ4n) is 2.20. The molecule has 2 rings (SSSR count). The number of benzene rings is 1. The van der Waals surface area contributed by atoms with Gasteiger partial charge in [-0.2, -0.15) is 0 Å². The predicted molar refractivity (Wildman–Crippen MR) is 102 cm³/mol. The standard InChI is InChI=1S/C15H19Cl2N3.HI/c1-18-15(20-14-4-2-3-5-14)19-7-6-11-8-12(16)10-13(17)9-11;/h2-3,8-10,14H,4-7H2,1H3,(H2,18,19,20);1H. The van der Waals surface area contributed by atoms with Crippen LogP contribution in [0.4, 0.5) is 0 Å². The van der Waals surface area contributed by atoms with E-state index in [9.17, 15) is 0 Å². The molecule has 1 aromatic rings. The molecule has 21 heavy (non-hydrogen) atoms. The van der Waals surface area contributed by atoms with Crippen LogP contribution in [-0.2, 0) is 6.42 Å². The topological polar surface area (TPSA) is 36.4 Å². The van der Waals surface area contributed by atoms with E-state index >= 15 is 0 Å². The number of rotatable bonds is 4. The molecule has 116 valence electrons. The van der Waals surface area contributed by atoms with Crippen LogP contribution in [0.25, 0.3) is 0 Å². The van der Waals surface area contributed by atoms with Gasteiger partial charge in [-0.3, -0.25) is 4.99 Å². The zero-order valence-electron chi connectivity index (χ0n) is 11.9. The molecular weight excluding hydrogens is 420 g/mol. The number of nitrogens with one attached hydrogen (secondary N) is 2. The summed E-state index contributed by atoms with van der Waals surface area (Å²) >= 11 is 12.0. The van der Waals surface area contributed by atoms with Crippen molar-refractivity contribution in [2.45, 2.75) is 25.3 Å². The van der Waals surface area contributed by atoms with E-state index in [4.69, 9.17) is 23.2 Å². The maximum atomic E-state index is 5.98. The van der Waals surface area contributed by atoms with Crippen molar-refractivity contribution in [2.75, 3.05) is 13.6 Å². The molecule has 2 N–H and O–H groups in total. The van der Waals surface area contributed by atoms with E-state index < -0.39 is 0 Å². The van der Waals surface area contributed by atoms with E-state index in [2.05, 4.69) is 27.8 Å². The highest BCUT2D eigenvalue weighted by Crippen LogP contribution is 2.19. The zero-order valence-corrected chi connectivity index (χ0v) is 15.7. The molecule has 0 aliphatic heterocycles. The van der Waals surface area contributed by atoms with Crippen molar-refractivity contribution in [1.82, 2.24) is 10.6 Å². The van der Waals surface area contributed by atoms with Crippen LogP contribution in [0.5, 0.6) is 0 Å². The summed E-state index contributed by atoms with van der Waals surface area (Å²) in [6.45, 7) is 0.788. The number of guanidine groups is 1. The molecule has 0 amide bonds. The minimum Gasteiger partial charge on any atom is -0.356 e. The van der Waals surface area contributed by atoms with Crippen LogP contribution in [0.1, 0.15) is 18.4 Å². The van der Waals surface area contributed by atoms with Gasteiger partial charge in [-0.25, -0.2) is 0 Å². The van der Waals surface area contributed by atoms with Crippen LogP contribution in [-0.4, -0.2) is 25.6 Å². The molecule has 6 heteroatoms. The molecule has 0 saturated carbocycles. The second kappa shape index (κ2) is 9.54. The fourth-order valence-corrected chi connectivity index (χ4v) is 2.77. The largest absolute Gasteiger partial charge is 0.356 e. The van der Waals surface area contributed by atoms with Gasteiger partial charge in [-0.05, 0) is 43.0 Å². The SMILES string of the molecule is CN=C(NCCc1cc(Cl)cc(Cl)c1)NC1CC=CC1.I. The van der Waals surface area contributed by atoms with Crippen molar-refractivity contribution in [3.05, 3.63) is 46.0 Å². The summed E-state index contributed by atoms with van der Waals surface area (Å²) in [5, 5.41) is 8.05. The number of hydrogen-bond donors (Lipinski definition) is 2. The quantitative estimate of drug-likeness (QED) is 0.321. The highest BCUT2D eigenvalue weighted by molar-refractivity contribution is 14.0. The van der Waals surface area contributed by atoms with Gasteiger partial charge in [0.2, 0.25) is 0 Å². The Labute approximate surface area is 153 Å². The summed E-state index contributed by atoms with van der Waals surface area (Å²) in [7, 11) is 1.79. The zero-order chi connectivity index (χ0) is 14.4. The summed E-state index contributed by atoms with van der Waals surface area (Å²) in [5.74, 6) is 0.840. The molecular formula is C15H20Cl2IN3. The number of hydrogen-bond acceptors (Lipinski definition) is 1. The first-order valence-corrected chi connectivity index (χ1v) is 7.50. The molecule has 0 fully saturated rings. The highest BCUT2D eigenvalue weighted by Gasteiger charge is 2.11. The fraction of sp³-hybridized carbons (Fsp3) is 0.400. The Balaban J connectivity index is 0.00000220. The smallest absolute Gasteiger partial charge is 0.191 e. The Morgan fingerprint density at radius 2 is 1.81 bits per heavy atom. The van der Waals surface area contributed by atoms with Crippen LogP contribution in [0, 0.1) is 0 Å². The van der Waals surface area contributed by atoms with Crippen molar-refractivity contribution in [2.24, 2.45) is 4.99 Å². The second-order valence-electron chi connectivity index (χ2n) is 4.81. The van der Waals surface area contributed by atoms with Gasteiger partial charge in [0.25, 0.3) is 0 Å². The van der Waals surface area contributed by atoms with E-state index in [1.165, 1.54) is 0 Å². The van der Waals surface area contributed by atoms with Crippen molar-refractivity contribution >= 4 is 53.1 Å². The summed E-state index contributed by atoms with van der Waals surface area (Å²) in [6.07, 6.45) is 7.36. The van der Waals surface area contributed by atoms with Crippen molar-refractivity contribution < 1.29 is 0 Å². The molecule has 1 aliphatic carbocycles. The average molecular weight is 440 g/mol. The van der Waals surface area contributed by atoms with Crippen LogP contribution >= 0.6 is 47.2 Å². The van der Waals surface area contributed by atoms with Gasteiger partial charge in [-0.15, -0.1) is 24.0 Å². The Bertz CT molecular complexity index is 489. The lowest BCUT2D eigenvalue weighted by Crippen LogP contribution is -2.43. The van der Waals surface area contributed by atoms with E-state index in [1.807, 2.05) is 12.1 Å². The van der Waals surface area contributed by atoms with Gasteiger partial charge < -0.3 is 10.6 Å². The molecule has 0 aromatic heterocycles. The molecule has 0 unspecified atom stereocenters. The summed E-state index contributed by atoms with van der Waals surface area (Å²) < 4.78 is 0. The summed E-state index contributed by atoms with van der Waals surface area (Å²) in [4.78, 5) is 4.23. The van der Waals surface area contributed by atoms with Gasteiger partial charge in [0.1, 0.15) is 0 Å². The van der Waals surface area contributed by atoms with Crippen LogP contribution in [0.15, 0.2) is 35.3 Å². The van der Waals surface area contributed by atoms with Crippen molar-refractivity contribution in [3.63, 3.8) is 0 Å². The Morgan fingerprint density at radius 3 is 2.38 bits per heavy atom. The van der Waals surface area contributed by atoms with Crippen LogP contribution in [0.2, 0.25) is 10.0 Å². The number of halogens is 3. The predicted octanol–water partition coefficient (Wildman–Crippen LogP) is 4.04. The van der Waals surface area contributed by atoms with Crippen LogP contribution in [0.3, 0.4) is 0 Å². The summed E-state index contributed by atoms with van der Waals surface area (Å²) in [5.41, 5.74) is 1.12.